The number of aromatic nitrogens is 3. The Morgan fingerprint density at radius 3 is 2.54 bits per heavy atom. The number of carboxylic acid groups (broad SMARTS) is 1. The standard InChI is InChI=1S/C17H24N4O2S.C2H4O2/c22-11-15(23)12-24-17-20-19-16(14-6-8-18-9-7-14)21(17)10-13-4-2-1-3-5-13;1-2(3)4/h1-5,14-15,18,22-23H,6-12H2;1H3,(H,3,4)/t15-;/m1./s1. The van der Waals surface area contributed by atoms with E-state index in [1.807, 2.05) is 18.2 Å². The van der Waals surface area contributed by atoms with Crippen LogP contribution in [-0.2, 0) is 11.3 Å². The van der Waals surface area contributed by atoms with E-state index in [1.165, 1.54) is 17.3 Å². The summed E-state index contributed by atoms with van der Waals surface area (Å²) in [6.45, 7) is 3.59. The Hall–Kier alpha value is -1.94. The molecule has 1 fully saturated rings. The molecule has 0 unspecified atom stereocenters. The van der Waals surface area contributed by atoms with Gasteiger partial charge in [0, 0.05) is 18.6 Å². The average Bonchev–Trinajstić information content (AvgIpc) is 3.09. The van der Waals surface area contributed by atoms with E-state index in [0.717, 1.165) is 50.4 Å². The fourth-order valence-electron chi connectivity index (χ4n) is 2.93. The van der Waals surface area contributed by atoms with Crippen LogP contribution in [0, 0.1) is 0 Å². The Morgan fingerprint density at radius 2 is 1.93 bits per heavy atom. The molecule has 1 saturated heterocycles. The van der Waals surface area contributed by atoms with Gasteiger partial charge in [0.15, 0.2) is 5.16 Å². The van der Waals surface area contributed by atoms with Gasteiger partial charge in [0.25, 0.3) is 5.97 Å². The number of nitrogens with one attached hydrogen (secondary N) is 1. The molecule has 0 aliphatic carbocycles. The molecular weight excluding hydrogens is 380 g/mol. The Morgan fingerprint density at radius 1 is 1.29 bits per heavy atom. The third kappa shape index (κ3) is 7.23. The first-order valence-electron chi connectivity index (χ1n) is 9.30. The molecule has 4 N–H and O–H groups in total. The van der Waals surface area contributed by atoms with Crippen molar-refractivity contribution in [2.75, 3.05) is 25.4 Å². The molecule has 0 amide bonds. The highest BCUT2D eigenvalue weighted by Gasteiger charge is 2.23. The van der Waals surface area contributed by atoms with Gasteiger partial charge in [-0.25, -0.2) is 0 Å². The van der Waals surface area contributed by atoms with Crippen LogP contribution in [0.25, 0.3) is 0 Å². The summed E-state index contributed by atoms with van der Waals surface area (Å²) < 4.78 is 2.17. The summed E-state index contributed by atoms with van der Waals surface area (Å²) in [5, 5.41) is 39.1. The van der Waals surface area contributed by atoms with Gasteiger partial charge in [0.05, 0.1) is 19.3 Å². The van der Waals surface area contributed by atoms with Crippen molar-refractivity contribution in [3.63, 3.8) is 0 Å². The van der Waals surface area contributed by atoms with Crippen LogP contribution in [0.15, 0.2) is 35.5 Å². The zero-order valence-corrected chi connectivity index (χ0v) is 16.8. The predicted molar refractivity (Wildman–Crippen MR) is 108 cm³/mol. The number of hydrogen-bond donors (Lipinski definition) is 4. The largest absolute Gasteiger partial charge is 0.481 e. The topological polar surface area (TPSA) is 120 Å². The first-order chi connectivity index (χ1) is 13.5. The summed E-state index contributed by atoms with van der Waals surface area (Å²) in [4.78, 5) is 9.00. The minimum atomic E-state index is -0.833. The lowest BCUT2D eigenvalue weighted by molar-refractivity contribution is -0.134. The van der Waals surface area contributed by atoms with E-state index in [0.29, 0.717) is 11.7 Å². The van der Waals surface area contributed by atoms with Gasteiger partial charge in [-0.1, -0.05) is 42.1 Å². The fraction of sp³-hybridized carbons (Fsp3) is 0.526. The van der Waals surface area contributed by atoms with Gasteiger partial charge in [-0.05, 0) is 31.5 Å². The van der Waals surface area contributed by atoms with E-state index in [-0.39, 0.29) is 6.61 Å². The van der Waals surface area contributed by atoms with Crippen molar-refractivity contribution in [2.45, 2.75) is 43.5 Å². The molecule has 28 heavy (non-hydrogen) atoms. The lowest BCUT2D eigenvalue weighted by atomic mass is 9.97. The number of carboxylic acids is 1. The number of benzene rings is 1. The zero-order valence-electron chi connectivity index (χ0n) is 16.0. The highest BCUT2D eigenvalue weighted by atomic mass is 32.2. The van der Waals surface area contributed by atoms with Crippen molar-refractivity contribution in [3.8, 4) is 0 Å². The third-order valence-electron chi connectivity index (χ3n) is 4.25. The fourth-order valence-corrected chi connectivity index (χ4v) is 3.79. The molecule has 0 saturated carbocycles. The van der Waals surface area contributed by atoms with Gasteiger partial charge >= 0.3 is 0 Å². The molecule has 8 nitrogen and oxygen atoms in total. The minimum absolute atomic E-state index is 0.235. The molecule has 1 aromatic carbocycles. The van der Waals surface area contributed by atoms with E-state index >= 15 is 0 Å². The number of aliphatic hydroxyl groups excluding tert-OH is 2. The Bertz CT molecular complexity index is 716. The number of piperidine rings is 1. The molecule has 154 valence electrons. The summed E-state index contributed by atoms with van der Waals surface area (Å²) in [5.74, 6) is 1.02. The van der Waals surface area contributed by atoms with Crippen LogP contribution >= 0.6 is 11.8 Å². The van der Waals surface area contributed by atoms with E-state index < -0.39 is 12.1 Å². The van der Waals surface area contributed by atoms with Crippen molar-refractivity contribution in [3.05, 3.63) is 41.7 Å². The molecule has 1 aliphatic rings. The molecule has 0 radical (unpaired) electrons. The lowest BCUT2D eigenvalue weighted by Gasteiger charge is -2.23. The summed E-state index contributed by atoms with van der Waals surface area (Å²) in [5.41, 5.74) is 1.21. The number of rotatable bonds is 7. The van der Waals surface area contributed by atoms with Crippen LogP contribution in [0.1, 0.15) is 37.1 Å². The maximum Gasteiger partial charge on any atom is 0.300 e. The van der Waals surface area contributed by atoms with Crippen LogP contribution in [0.3, 0.4) is 0 Å². The highest BCUT2D eigenvalue weighted by Crippen LogP contribution is 2.28. The van der Waals surface area contributed by atoms with Crippen LogP contribution in [0.2, 0.25) is 0 Å². The monoisotopic (exact) mass is 408 g/mol. The van der Waals surface area contributed by atoms with Gasteiger partial charge < -0.3 is 25.2 Å². The number of aliphatic hydroxyl groups is 2. The van der Waals surface area contributed by atoms with E-state index in [9.17, 15) is 5.11 Å². The maximum atomic E-state index is 9.62. The number of thioether (sulfide) groups is 1. The van der Waals surface area contributed by atoms with E-state index in [2.05, 4.69) is 32.2 Å². The van der Waals surface area contributed by atoms with E-state index in [4.69, 9.17) is 15.0 Å². The Labute approximate surface area is 169 Å². The molecule has 1 aromatic heterocycles. The quantitative estimate of drug-likeness (QED) is 0.507. The van der Waals surface area contributed by atoms with Gasteiger partial charge in [-0.3, -0.25) is 4.79 Å². The number of aliphatic carboxylic acids is 1. The van der Waals surface area contributed by atoms with Crippen molar-refractivity contribution in [2.24, 2.45) is 0 Å². The second-order valence-corrected chi connectivity index (χ2v) is 7.59. The zero-order chi connectivity index (χ0) is 20.4. The first kappa shape index (κ1) is 22.4. The van der Waals surface area contributed by atoms with Gasteiger partial charge in [-0.2, -0.15) is 0 Å². The molecular formula is C19H28N4O4S. The van der Waals surface area contributed by atoms with Gasteiger partial charge in [0.2, 0.25) is 0 Å². The van der Waals surface area contributed by atoms with Crippen LogP contribution in [-0.4, -0.2) is 67.6 Å². The van der Waals surface area contributed by atoms with Crippen LogP contribution in [0.4, 0.5) is 0 Å². The molecule has 1 aliphatic heterocycles. The van der Waals surface area contributed by atoms with E-state index in [1.54, 1.807) is 0 Å². The van der Waals surface area contributed by atoms with Gasteiger partial charge in [-0.15, -0.1) is 10.2 Å². The Kier molecular flexibility index (Phi) is 9.42. The Balaban J connectivity index is 0.000000640. The molecule has 0 spiro atoms. The number of hydrogen-bond acceptors (Lipinski definition) is 7. The molecule has 2 heterocycles. The highest BCUT2D eigenvalue weighted by molar-refractivity contribution is 7.99. The minimum Gasteiger partial charge on any atom is -0.481 e. The summed E-state index contributed by atoms with van der Waals surface area (Å²) in [6.07, 6.45) is 1.40. The molecule has 0 bridgehead atoms. The lowest BCUT2D eigenvalue weighted by Crippen LogP contribution is -2.28. The second-order valence-electron chi connectivity index (χ2n) is 6.60. The van der Waals surface area contributed by atoms with Crippen molar-refractivity contribution < 1.29 is 20.1 Å². The van der Waals surface area contributed by atoms with Crippen molar-refractivity contribution in [1.82, 2.24) is 20.1 Å². The van der Waals surface area contributed by atoms with Crippen LogP contribution in [0.5, 0.6) is 0 Å². The first-order valence-corrected chi connectivity index (χ1v) is 10.3. The van der Waals surface area contributed by atoms with Crippen molar-refractivity contribution >= 4 is 17.7 Å². The molecule has 9 heteroatoms. The van der Waals surface area contributed by atoms with Crippen LogP contribution < -0.4 is 5.32 Å². The summed E-state index contributed by atoms with van der Waals surface area (Å²) >= 11 is 1.45. The molecule has 1 atom stereocenters. The van der Waals surface area contributed by atoms with Crippen molar-refractivity contribution in [1.29, 1.82) is 0 Å². The smallest absolute Gasteiger partial charge is 0.300 e. The number of nitrogens with zero attached hydrogens (tertiary/aromatic N) is 3. The predicted octanol–water partition coefficient (Wildman–Crippen LogP) is 1.33. The molecule has 3 rings (SSSR count). The average molecular weight is 409 g/mol. The summed E-state index contributed by atoms with van der Waals surface area (Å²) in [7, 11) is 0. The maximum absolute atomic E-state index is 9.62. The summed E-state index contributed by atoms with van der Waals surface area (Å²) in [6, 6.07) is 10.3. The normalized spacial score (nSPS) is 15.5. The number of carbonyl (C=O) groups is 1. The SMILES string of the molecule is CC(=O)O.OC[C@@H](O)CSc1nnc(C2CCNCC2)n1Cc1ccccc1. The van der Waals surface area contributed by atoms with Gasteiger partial charge in [0.1, 0.15) is 5.82 Å². The molecule has 2 aromatic rings. The second kappa shape index (κ2) is 11.8. The third-order valence-corrected chi connectivity index (χ3v) is 5.36.